The van der Waals surface area contributed by atoms with Crippen LogP contribution in [0.5, 0.6) is 5.75 Å². The fourth-order valence-electron chi connectivity index (χ4n) is 1.97. The lowest BCUT2D eigenvalue weighted by Gasteiger charge is -2.19. The van der Waals surface area contributed by atoms with Gasteiger partial charge in [-0.15, -0.1) is 0 Å². The topological polar surface area (TPSA) is 55.6 Å². The van der Waals surface area contributed by atoms with Crippen LogP contribution in [0.3, 0.4) is 0 Å². The van der Waals surface area contributed by atoms with Crippen molar-refractivity contribution in [3.63, 3.8) is 0 Å². The zero-order chi connectivity index (χ0) is 15.1. The Hall–Kier alpha value is -1.07. The van der Waals surface area contributed by atoms with E-state index in [1.165, 1.54) is 0 Å². The molecule has 4 nitrogen and oxygen atoms in total. The van der Waals surface area contributed by atoms with Gasteiger partial charge in [0.1, 0.15) is 5.75 Å². The molecule has 0 aromatic heterocycles. The molecule has 1 amide bonds. The van der Waals surface area contributed by atoms with Gasteiger partial charge in [0.15, 0.2) is 6.61 Å². The number of nitrogens with two attached hydrogens (primary N) is 1. The van der Waals surface area contributed by atoms with Crippen LogP contribution in [-0.4, -0.2) is 36.5 Å². The SMILES string of the molecule is CCN(CC)C(=O)COc1ccc(CC(C)N)cc1Br. The molecule has 0 saturated carbocycles. The lowest BCUT2D eigenvalue weighted by atomic mass is 10.1. The number of hydrogen-bond donors (Lipinski definition) is 1. The van der Waals surface area contributed by atoms with E-state index in [-0.39, 0.29) is 18.6 Å². The number of halogens is 1. The summed E-state index contributed by atoms with van der Waals surface area (Å²) >= 11 is 3.47. The predicted octanol–water partition coefficient (Wildman–Crippen LogP) is 2.59. The van der Waals surface area contributed by atoms with Crippen LogP contribution >= 0.6 is 15.9 Å². The first-order valence-corrected chi connectivity index (χ1v) is 7.71. The van der Waals surface area contributed by atoms with Crippen LogP contribution < -0.4 is 10.5 Å². The van der Waals surface area contributed by atoms with Gasteiger partial charge in [-0.3, -0.25) is 4.79 Å². The number of benzene rings is 1. The summed E-state index contributed by atoms with van der Waals surface area (Å²) in [6.45, 7) is 7.36. The van der Waals surface area contributed by atoms with Crippen LogP contribution in [0.15, 0.2) is 22.7 Å². The molecule has 0 fully saturated rings. The summed E-state index contributed by atoms with van der Waals surface area (Å²) < 4.78 is 6.42. The number of ether oxygens (including phenoxy) is 1. The van der Waals surface area contributed by atoms with Crippen molar-refractivity contribution in [1.82, 2.24) is 4.90 Å². The van der Waals surface area contributed by atoms with Crippen molar-refractivity contribution in [3.05, 3.63) is 28.2 Å². The van der Waals surface area contributed by atoms with E-state index in [9.17, 15) is 4.79 Å². The van der Waals surface area contributed by atoms with Gasteiger partial charge in [0.25, 0.3) is 5.91 Å². The molecule has 0 saturated heterocycles. The van der Waals surface area contributed by atoms with Crippen molar-refractivity contribution in [2.75, 3.05) is 19.7 Å². The van der Waals surface area contributed by atoms with E-state index in [4.69, 9.17) is 10.5 Å². The molecule has 1 aromatic rings. The zero-order valence-corrected chi connectivity index (χ0v) is 13.9. The number of amides is 1. The third-order valence-corrected chi connectivity index (χ3v) is 3.64. The van der Waals surface area contributed by atoms with E-state index < -0.39 is 0 Å². The molecule has 1 aromatic carbocycles. The van der Waals surface area contributed by atoms with Crippen molar-refractivity contribution in [2.24, 2.45) is 5.73 Å². The maximum Gasteiger partial charge on any atom is 0.260 e. The number of likely N-dealkylation sites (N-methyl/N-ethyl adjacent to an activating group) is 1. The van der Waals surface area contributed by atoms with Crippen LogP contribution in [0, 0.1) is 0 Å². The Labute approximate surface area is 129 Å². The minimum atomic E-state index is 0.00144. The fourth-order valence-corrected chi connectivity index (χ4v) is 2.51. The second-order valence-electron chi connectivity index (χ2n) is 4.80. The van der Waals surface area contributed by atoms with Crippen LogP contribution in [-0.2, 0) is 11.2 Å². The van der Waals surface area contributed by atoms with Crippen molar-refractivity contribution >= 4 is 21.8 Å². The van der Waals surface area contributed by atoms with Crippen LogP contribution in [0.2, 0.25) is 0 Å². The highest BCUT2D eigenvalue weighted by Crippen LogP contribution is 2.26. The van der Waals surface area contributed by atoms with Crippen molar-refractivity contribution in [3.8, 4) is 5.75 Å². The van der Waals surface area contributed by atoms with E-state index >= 15 is 0 Å². The molecule has 1 unspecified atom stereocenters. The Bertz CT molecular complexity index is 445. The van der Waals surface area contributed by atoms with Gasteiger partial charge >= 0.3 is 0 Å². The Morgan fingerprint density at radius 2 is 2.05 bits per heavy atom. The normalized spacial score (nSPS) is 12.1. The molecule has 2 N–H and O–H groups in total. The molecule has 112 valence electrons. The lowest BCUT2D eigenvalue weighted by Crippen LogP contribution is -2.34. The molecule has 0 bridgehead atoms. The van der Waals surface area contributed by atoms with E-state index in [1.54, 1.807) is 4.90 Å². The van der Waals surface area contributed by atoms with Gasteiger partial charge in [-0.25, -0.2) is 0 Å². The molecular formula is C15H23BrN2O2. The quantitative estimate of drug-likeness (QED) is 0.828. The number of carbonyl (C=O) groups excluding carboxylic acids is 1. The molecule has 1 atom stereocenters. The molecule has 0 heterocycles. The minimum Gasteiger partial charge on any atom is -0.483 e. The highest BCUT2D eigenvalue weighted by atomic mass is 79.9. The standard InChI is InChI=1S/C15H23BrN2O2/c1-4-18(5-2)15(19)10-20-14-7-6-12(8-11(3)17)9-13(14)16/h6-7,9,11H,4-5,8,10,17H2,1-3H3. The predicted molar refractivity (Wildman–Crippen MR) is 84.9 cm³/mol. The molecule has 20 heavy (non-hydrogen) atoms. The summed E-state index contributed by atoms with van der Waals surface area (Å²) in [7, 11) is 0. The second kappa shape index (κ2) is 8.27. The number of hydrogen-bond acceptors (Lipinski definition) is 3. The summed E-state index contributed by atoms with van der Waals surface area (Å²) in [5, 5.41) is 0. The summed E-state index contributed by atoms with van der Waals surface area (Å²) in [5.74, 6) is 0.681. The van der Waals surface area contributed by atoms with Crippen LogP contribution in [0.1, 0.15) is 26.3 Å². The highest BCUT2D eigenvalue weighted by Gasteiger charge is 2.11. The van der Waals surface area contributed by atoms with Crippen molar-refractivity contribution in [2.45, 2.75) is 33.2 Å². The van der Waals surface area contributed by atoms with Gasteiger partial charge in [-0.2, -0.15) is 0 Å². The maximum atomic E-state index is 11.9. The van der Waals surface area contributed by atoms with Gasteiger partial charge in [-0.05, 0) is 60.8 Å². The summed E-state index contributed by atoms with van der Waals surface area (Å²) in [4.78, 5) is 13.6. The monoisotopic (exact) mass is 342 g/mol. The molecule has 0 spiro atoms. The van der Waals surface area contributed by atoms with Gasteiger partial charge in [0, 0.05) is 19.1 Å². The molecule has 0 radical (unpaired) electrons. The average Bonchev–Trinajstić information content (AvgIpc) is 2.38. The lowest BCUT2D eigenvalue weighted by molar-refractivity contribution is -0.132. The van der Waals surface area contributed by atoms with Crippen LogP contribution in [0.25, 0.3) is 0 Å². The third kappa shape index (κ3) is 5.13. The van der Waals surface area contributed by atoms with Crippen molar-refractivity contribution in [1.29, 1.82) is 0 Å². The average molecular weight is 343 g/mol. The summed E-state index contributed by atoms with van der Waals surface area (Å²) in [5.41, 5.74) is 6.93. The maximum absolute atomic E-state index is 11.9. The van der Waals surface area contributed by atoms with Gasteiger partial charge < -0.3 is 15.4 Å². The Morgan fingerprint density at radius 3 is 2.55 bits per heavy atom. The highest BCUT2D eigenvalue weighted by molar-refractivity contribution is 9.10. The molecule has 0 aliphatic heterocycles. The van der Waals surface area contributed by atoms with Crippen LogP contribution in [0.4, 0.5) is 0 Å². The number of carbonyl (C=O) groups is 1. The molecule has 0 aliphatic rings. The fraction of sp³-hybridized carbons (Fsp3) is 0.533. The first-order chi connectivity index (χ1) is 9.47. The zero-order valence-electron chi connectivity index (χ0n) is 12.4. The third-order valence-electron chi connectivity index (χ3n) is 3.02. The Balaban J connectivity index is 2.63. The van der Waals surface area contributed by atoms with E-state index in [0.29, 0.717) is 18.8 Å². The van der Waals surface area contributed by atoms with E-state index in [0.717, 1.165) is 16.5 Å². The Kier molecular flexibility index (Phi) is 7.02. The first kappa shape index (κ1) is 17.0. The number of rotatable bonds is 7. The second-order valence-corrected chi connectivity index (χ2v) is 5.66. The molecule has 0 aliphatic carbocycles. The minimum absolute atomic E-state index is 0.00144. The largest absolute Gasteiger partial charge is 0.483 e. The summed E-state index contributed by atoms with van der Waals surface area (Å²) in [6.07, 6.45) is 0.817. The van der Waals surface area contributed by atoms with E-state index in [2.05, 4.69) is 15.9 Å². The van der Waals surface area contributed by atoms with Crippen molar-refractivity contribution < 1.29 is 9.53 Å². The van der Waals surface area contributed by atoms with Gasteiger partial charge in [0.05, 0.1) is 4.47 Å². The smallest absolute Gasteiger partial charge is 0.260 e. The molecular weight excluding hydrogens is 320 g/mol. The van der Waals surface area contributed by atoms with Gasteiger partial charge in [0.2, 0.25) is 0 Å². The molecule has 5 heteroatoms. The van der Waals surface area contributed by atoms with Gasteiger partial charge in [-0.1, -0.05) is 6.07 Å². The number of nitrogens with zero attached hydrogens (tertiary/aromatic N) is 1. The summed E-state index contributed by atoms with van der Waals surface area (Å²) in [6, 6.07) is 5.96. The van der Waals surface area contributed by atoms with E-state index in [1.807, 2.05) is 39.0 Å². The first-order valence-electron chi connectivity index (χ1n) is 6.92. The Morgan fingerprint density at radius 1 is 1.40 bits per heavy atom. The molecule has 1 rings (SSSR count).